The number of anilines is 1. The van der Waals surface area contributed by atoms with Crippen molar-refractivity contribution in [2.24, 2.45) is 0 Å². The normalized spacial score (nSPS) is 18.5. The highest BCUT2D eigenvalue weighted by Crippen LogP contribution is 2.40. The van der Waals surface area contributed by atoms with Crippen LogP contribution >= 0.6 is 11.6 Å². The Balaban J connectivity index is 2.09. The fourth-order valence-corrected chi connectivity index (χ4v) is 2.91. The molecule has 2 aliphatic rings. The number of benzene rings is 1. The summed E-state index contributed by atoms with van der Waals surface area (Å²) < 4.78 is 5.41. The van der Waals surface area contributed by atoms with Gasteiger partial charge in [0.05, 0.1) is 10.7 Å². The second kappa shape index (κ2) is 4.94. The first-order chi connectivity index (χ1) is 9.56. The molecule has 1 aromatic rings. The van der Waals surface area contributed by atoms with Crippen LogP contribution in [0.4, 0.5) is 5.69 Å². The zero-order valence-corrected chi connectivity index (χ0v) is 11.8. The van der Waals surface area contributed by atoms with Gasteiger partial charge in [-0.15, -0.1) is 0 Å². The maximum absolute atomic E-state index is 11.8. The lowest BCUT2D eigenvalue weighted by Gasteiger charge is -2.22. The van der Waals surface area contributed by atoms with E-state index < -0.39 is 0 Å². The molecule has 1 aliphatic heterocycles. The molecule has 1 aromatic carbocycles. The molecule has 0 radical (unpaired) electrons. The van der Waals surface area contributed by atoms with E-state index in [4.69, 9.17) is 16.3 Å². The van der Waals surface area contributed by atoms with E-state index in [1.807, 2.05) is 13.0 Å². The molecule has 5 heteroatoms. The van der Waals surface area contributed by atoms with Crippen LogP contribution in [0.3, 0.4) is 0 Å². The molecule has 3 rings (SSSR count). The van der Waals surface area contributed by atoms with E-state index in [0.717, 1.165) is 29.6 Å². The Bertz CT molecular complexity index is 649. The lowest BCUT2D eigenvalue weighted by Crippen LogP contribution is -2.25. The second-order valence-electron chi connectivity index (χ2n) is 5.05. The Morgan fingerprint density at radius 1 is 1.25 bits per heavy atom. The van der Waals surface area contributed by atoms with Gasteiger partial charge in [-0.2, -0.15) is 0 Å². The van der Waals surface area contributed by atoms with Gasteiger partial charge in [0, 0.05) is 12.0 Å². The molecule has 0 spiro atoms. The van der Waals surface area contributed by atoms with Crippen molar-refractivity contribution in [3.63, 3.8) is 0 Å². The van der Waals surface area contributed by atoms with Crippen LogP contribution in [-0.2, 0) is 9.59 Å². The fourth-order valence-electron chi connectivity index (χ4n) is 2.64. The van der Waals surface area contributed by atoms with E-state index in [1.54, 1.807) is 6.07 Å². The van der Waals surface area contributed by atoms with Crippen molar-refractivity contribution >= 4 is 34.6 Å². The van der Waals surface area contributed by atoms with Gasteiger partial charge in [0.2, 0.25) is 0 Å². The average molecular weight is 292 g/mol. The summed E-state index contributed by atoms with van der Waals surface area (Å²) in [6.07, 6.45) is 2.28. The van der Waals surface area contributed by atoms with Crippen molar-refractivity contribution in [2.75, 3.05) is 11.9 Å². The zero-order valence-electron chi connectivity index (χ0n) is 11.1. The number of hydrogen-bond acceptors (Lipinski definition) is 3. The standard InChI is InChI=1S/C15H14ClNO3/c1-8-9(3-2-4-13(8)18)10-5-14-12(6-11(10)16)17-15(19)7-20-14/h5-6H,2-4,7H2,1H3,(H,17,19). The summed E-state index contributed by atoms with van der Waals surface area (Å²) in [7, 11) is 0. The van der Waals surface area contributed by atoms with Crippen molar-refractivity contribution in [2.45, 2.75) is 26.2 Å². The van der Waals surface area contributed by atoms with Gasteiger partial charge in [-0.05, 0) is 43.0 Å². The van der Waals surface area contributed by atoms with Gasteiger partial charge in [-0.25, -0.2) is 0 Å². The number of hydrogen-bond donors (Lipinski definition) is 1. The first-order valence-corrected chi connectivity index (χ1v) is 6.93. The SMILES string of the molecule is CC1=C(c2cc3c(cc2Cl)NC(=O)CO3)CCCC1=O. The van der Waals surface area contributed by atoms with Crippen LogP contribution < -0.4 is 10.1 Å². The van der Waals surface area contributed by atoms with Crippen LogP contribution in [0, 0.1) is 0 Å². The van der Waals surface area contributed by atoms with Crippen molar-refractivity contribution in [3.8, 4) is 5.75 Å². The number of amides is 1. The molecule has 20 heavy (non-hydrogen) atoms. The molecule has 104 valence electrons. The molecule has 1 heterocycles. The Labute approximate surface area is 121 Å². The van der Waals surface area contributed by atoms with Gasteiger partial charge in [0.15, 0.2) is 12.4 Å². The minimum absolute atomic E-state index is 0.00499. The molecular formula is C15H14ClNO3. The van der Waals surface area contributed by atoms with Crippen molar-refractivity contribution < 1.29 is 14.3 Å². The molecule has 4 nitrogen and oxygen atoms in total. The van der Waals surface area contributed by atoms with E-state index in [1.165, 1.54) is 0 Å². The maximum atomic E-state index is 11.8. The number of carbonyl (C=O) groups excluding carboxylic acids is 2. The summed E-state index contributed by atoms with van der Waals surface area (Å²) >= 11 is 6.30. The minimum atomic E-state index is -0.190. The molecule has 1 amide bonds. The van der Waals surface area contributed by atoms with Crippen molar-refractivity contribution in [1.82, 2.24) is 0 Å². The largest absolute Gasteiger partial charge is 0.482 e. The molecular weight excluding hydrogens is 278 g/mol. The smallest absolute Gasteiger partial charge is 0.262 e. The molecule has 0 saturated carbocycles. The third-order valence-corrected chi connectivity index (χ3v) is 4.04. The van der Waals surface area contributed by atoms with Crippen molar-refractivity contribution in [3.05, 3.63) is 28.3 Å². The Morgan fingerprint density at radius 3 is 2.85 bits per heavy atom. The topological polar surface area (TPSA) is 55.4 Å². The summed E-state index contributed by atoms with van der Waals surface area (Å²) in [4.78, 5) is 23.1. The zero-order chi connectivity index (χ0) is 14.3. The highest BCUT2D eigenvalue weighted by Gasteiger charge is 2.23. The van der Waals surface area contributed by atoms with Gasteiger partial charge in [-0.1, -0.05) is 11.6 Å². The maximum Gasteiger partial charge on any atom is 0.262 e. The fraction of sp³-hybridized carbons (Fsp3) is 0.333. The van der Waals surface area contributed by atoms with E-state index in [-0.39, 0.29) is 18.3 Å². The average Bonchev–Trinajstić information content (AvgIpc) is 2.41. The number of ether oxygens (including phenoxy) is 1. The number of rotatable bonds is 1. The summed E-state index contributed by atoms with van der Waals surface area (Å²) in [5, 5.41) is 3.25. The number of ketones is 1. The van der Waals surface area contributed by atoms with Crippen LogP contribution in [0.2, 0.25) is 5.02 Å². The van der Waals surface area contributed by atoms with E-state index in [0.29, 0.717) is 22.9 Å². The van der Waals surface area contributed by atoms with Gasteiger partial charge in [0.1, 0.15) is 5.75 Å². The molecule has 0 unspecified atom stereocenters. The minimum Gasteiger partial charge on any atom is -0.482 e. The Kier molecular flexibility index (Phi) is 3.26. The number of allylic oxidation sites excluding steroid dienone is 2. The lowest BCUT2D eigenvalue weighted by molar-refractivity contribution is -0.118. The first kappa shape index (κ1) is 13.2. The third-order valence-electron chi connectivity index (χ3n) is 3.73. The number of carbonyl (C=O) groups is 2. The first-order valence-electron chi connectivity index (χ1n) is 6.56. The van der Waals surface area contributed by atoms with Crippen molar-refractivity contribution in [1.29, 1.82) is 0 Å². The highest BCUT2D eigenvalue weighted by atomic mass is 35.5. The Hall–Kier alpha value is -1.81. The predicted molar refractivity (Wildman–Crippen MR) is 77.0 cm³/mol. The predicted octanol–water partition coefficient (Wildman–Crippen LogP) is 3.20. The highest BCUT2D eigenvalue weighted by molar-refractivity contribution is 6.33. The van der Waals surface area contributed by atoms with Crippen LogP contribution in [0.25, 0.3) is 5.57 Å². The van der Waals surface area contributed by atoms with E-state index in [9.17, 15) is 9.59 Å². The van der Waals surface area contributed by atoms with Gasteiger partial charge in [0.25, 0.3) is 5.91 Å². The molecule has 1 N–H and O–H groups in total. The summed E-state index contributed by atoms with van der Waals surface area (Å²) in [5.41, 5.74) is 3.16. The number of halogens is 1. The molecule has 0 atom stereocenters. The van der Waals surface area contributed by atoms with Gasteiger partial charge >= 0.3 is 0 Å². The number of Topliss-reactive ketones (excluding diaryl/α,β-unsaturated/α-hetero) is 1. The number of nitrogens with one attached hydrogen (secondary N) is 1. The monoisotopic (exact) mass is 291 g/mol. The molecule has 0 fully saturated rings. The summed E-state index contributed by atoms with van der Waals surface area (Å²) in [6, 6.07) is 3.50. The van der Waals surface area contributed by atoms with Crippen LogP contribution in [0.5, 0.6) is 5.75 Å². The Morgan fingerprint density at radius 2 is 2.05 bits per heavy atom. The molecule has 1 aliphatic carbocycles. The van der Waals surface area contributed by atoms with Gasteiger partial charge in [-0.3, -0.25) is 9.59 Å². The van der Waals surface area contributed by atoms with E-state index >= 15 is 0 Å². The second-order valence-corrected chi connectivity index (χ2v) is 5.45. The van der Waals surface area contributed by atoms with Crippen LogP contribution in [0.1, 0.15) is 31.7 Å². The van der Waals surface area contributed by atoms with Gasteiger partial charge < -0.3 is 10.1 Å². The quantitative estimate of drug-likeness (QED) is 0.864. The van der Waals surface area contributed by atoms with E-state index in [2.05, 4.69) is 5.32 Å². The molecule has 0 saturated heterocycles. The lowest BCUT2D eigenvalue weighted by atomic mass is 9.87. The number of fused-ring (bicyclic) bond motifs is 1. The van der Waals surface area contributed by atoms with Crippen LogP contribution in [0.15, 0.2) is 17.7 Å². The molecule has 0 aromatic heterocycles. The summed E-state index contributed by atoms with van der Waals surface area (Å²) in [5.74, 6) is 0.584. The van der Waals surface area contributed by atoms with Crippen LogP contribution in [-0.4, -0.2) is 18.3 Å². The summed E-state index contributed by atoms with van der Waals surface area (Å²) in [6.45, 7) is 1.85. The molecule has 0 bridgehead atoms. The third kappa shape index (κ3) is 2.20.